The molecule has 32 heavy (non-hydrogen) atoms. The fourth-order valence-corrected chi connectivity index (χ4v) is 5.62. The third-order valence-electron chi connectivity index (χ3n) is 5.93. The zero-order valence-electron chi connectivity index (χ0n) is 17.8. The van der Waals surface area contributed by atoms with E-state index in [1.807, 2.05) is 22.9 Å². The molecule has 1 saturated heterocycles. The molecule has 2 aromatic heterocycles. The van der Waals surface area contributed by atoms with E-state index in [2.05, 4.69) is 20.8 Å². The van der Waals surface area contributed by atoms with E-state index in [1.165, 1.54) is 16.6 Å². The highest BCUT2D eigenvalue weighted by molar-refractivity contribution is 7.89. The van der Waals surface area contributed by atoms with Crippen LogP contribution in [0.25, 0.3) is 11.4 Å². The topological polar surface area (TPSA) is 115 Å². The Kier molecular flexibility index (Phi) is 5.30. The van der Waals surface area contributed by atoms with E-state index >= 15 is 0 Å². The Morgan fingerprint density at radius 1 is 1.12 bits per heavy atom. The zero-order valence-corrected chi connectivity index (χ0v) is 18.6. The van der Waals surface area contributed by atoms with Crippen LogP contribution in [0.4, 0.5) is 5.69 Å². The number of aromatic nitrogens is 5. The molecule has 1 N–H and O–H groups in total. The van der Waals surface area contributed by atoms with Crippen molar-refractivity contribution in [3.05, 3.63) is 42.2 Å². The zero-order chi connectivity index (χ0) is 22.3. The lowest BCUT2D eigenvalue weighted by Gasteiger charge is -2.25. The molecular weight excluding hydrogens is 430 g/mol. The van der Waals surface area contributed by atoms with Crippen molar-refractivity contribution in [3.8, 4) is 11.4 Å². The number of nitrogens with zero attached hydrogens (tertiary/aromatic N) is 6. The van der Waals surface area contributed by atoms with Crippen molar-refractivity contribution in [2.45, 2.75) is 43.0 Å². The number of rotatable bonds is 6. The molecule has 3 aromatic rings. The highest BCUT2D eigenvalue weighted by Crippen LogP contribution is 2.36. The second-order valence-electron chi connectivity index (χ2n) is 8.35. The van der Waals surface area contributed by atoms with Crippen LogP contribution >= 0.6 is 0 Å². The van der Waals surface area contributed by atoms with Crippen LogP contribution in [0.5, 0.6) is 0 Å². The summed E-state index contributed by atoms with van der Waals surface area (Å²) in [5.74, 6) is 0.281. The van der Waals surface area contributed by atoms with Crippen molar-refractivity contribution in [1.82, 2.24) is 29.1 Å². The van der Waals surface area contributed by atoms with Crippen LogP contribution in [0.2, 0.25) is 0 Å². The summed E-state index contributed by atoms with van der Waals surface area (Å²) in [7, 11) is -1.93. The molecule has 1 aromatic carbocycles. The quantitative estimate of drug-likeness (QED) is 0.610. The van der Waals surface area contributed by atoms with Crippen molar-refractivity contribution in [1.29, 1.82) is 0 Å². The molecule has 1 amide bonds. The lowest BCUT2D eigenvalue weighted by atomic mass is 10.2. The molecule has 0 radical (unpaired) electrons. The van der Waals surface area contributed by atoms with Crippen LogP contribution in [0.3, 0.4) is 0 Å². The number of hydrogen-bond donors (Lipinski definition) is 1. The van der Waals surface area contributed by atoms with Crippen molar-refractivity contribution in [2.24, 2.45) is 7.05 Å². The molecule has 3 heterocycles. The number of carbonyl (C=O) groups is 1. The van der Waals surface area contributed by atoms with Gasteiger partial charge in [-0.3, -0.25) is 4.79 Å². The number of carbonyl (C=O) groups excluding carboxylic acids is 1. The first-order valence-electron chi connectivity index (χ1n) is 10.8. The predicted octanol–water partition coefficient (Wildman–Crippen LogP) is 2.44. The van der Waals surface area contributed by atoms with Gasteiger partial charge >= 0.3 is 0 Å². The first kappa shape index (κ1) is 20.8. The van der Waals surface area contributed by atoms with Crippen LogP contribution in [-0.4, -0.2) is 56.5 Å². The first-order valence-corrected chi connectivity index (χ1v) is 12.2. The van der Waals surface area contributed by atoms with E-state index < -0.39 is 10.0 Å². The molecule has 5 rings (SSSR count). The number of sulfonamides is 1. The smallest absolute Gasteiger partial charge is 0.272 e. The number of nitrogens with one attached hydrogen (secondary N) is 1. The Labute approximate surface area is 186 Å². The summed E-state index contributed by atoms with van der Waals surface area (Å²) < 4.78 is 30.8. The largest absolute Gasteiger partial charge is 0.345 e. The molecule has 0 bridgehead atoms. The summed E-state index contributed by atoms with van der Waals surface area (Å²) in [6.07, 6.45) is 6.38. The number of benzene rings is 1. The van der Waals surface area contributed by atoms with Crippen LogP contribution in [0, 0.1) is 0 Å². The van der Waals surface area contributed by atoms with E-state index in [4.69, 9.17) is 0 Å². The summed E-state index contributed by atoms with van der Waals surface area (Å²) >= 11 is 0. The van der Waals surface area contributed by atoms with Crippen molar-refractivity contribution < 1.29 is 13.2 Å². The van der Waals surface area contributed by atoms with Gasteiger partial charge < -0.3 is 9.88 Å². The Hall–Kier alpha value is -3.05. The highest BCUT2D eigenvalue weighted by atomic mass is 32.2. The Morgan fingerprint density at radius 3 is 2.66 bits per heavy atom. The minimum atomic E-state index is -3.61. The molecular formula is C21H25N7O3S. The van der Waals surface area contributed by atoms with Crippen molar-refractivity contribution >= 4 is 21.6 Å². The minimum absolute atomic E-state index is 0.143. The summed E-state index contributed by atoms with van der Waals surface area (Å²) in [5, 5.41) is 14.9. The number of amides is 1. The molecule has 168 valence electrons. The van der Waals surface area contributed by atoms with Gasteiger partial charge in [-0.25, -0.2) is 13.1 Å². The van der Waals surface area contributed by atoms with Crippen molar-refractivity contribution in [2.75, 3.05) is 18.4 Å². The van der Waals surface area contributed by atoms with Crippen LogP contribution in [-0.2, 0) is 17.1 Å². The van der Waals surface area contributed by atoms with Gasteiger partial charge in [-0.05, 0) is 54.3 Å². The molecule has 1 saturated carbocycles. The molecule has 2 fully saturated rings. The number of anilines is 1. The van der Waals surface area contributed by atoms with Gasteiger partial charge in [0.2, 0.25) is 10.0 Å². The van der Waals surface area contributed by atoms with Gasteiger partial charge in [0.25, 0.3) is 5.91 Å². The third kappa shape index (κ3) is 3.93. The van der Waals surface area contributed by atoms with E-state index in [-0.39, 0.29) is 16.5 Å². The normalized spacial score (nSPS) is 17.4. The van der Waals surface area contributed by atoms with Gasteiger partial charge in [0.15, 0.2) is 5.82 Å². The SMILES string of the molecule is Cn1cc(S(=O)(=O)N2CCCCC2)cc1C(=O)Nc1cccc(-c2nnnn2C2CC2)c1. The van der Waals surface area contributed by atoms with Gasteiger partial charge in [0, 0.05) is 37.6 Å². The third-order valence-corrected chi connectivity index (χ3v) is 7.79. The molecule has 2 aliphatic rings. The average molecular weight is 456 g/mol. The van der Waals surface area contributed by atoms with E-state index in [0.29, 0.717) is 30.6 Å². The van der Waals surface area contributed by atoms with Gasteiger partial charge in [0.05, 0.1) is 6.04 Å². The van der Waals surface area contributed by atoms with Crippen LogP contribution in [0.1, 0.15) is 48.6 Å². The molecule has 0 unspecified atom stereocenters. The van der Waals surface area contributed by atoms with Crippen LogP contribution in [0.15, 0.2) is 41.4 Å². The molecule has 10 nitrogen and oxygen atoms in total. The molecule has 0 atom stereocenters. The van der Waals surface area contributed by atoms with Gasteiger partial charge in [-0.2, -0.15) is 4.31 Å². The first-order chi connectivity index (χ1) is 15.4. The summed E-state index contributed by atoms with van der Waals surface area (Å²) in [4.78, 5) is 13.1. The van der Waals surface area contributed by atoms with E-state index in [0.717, 1.165) is 37.7 Å². The second-order valence-corrected chi connectivity index (χ2v) is 10.3. The summed E-state index contributed by atoms with van der Waals surface area (Å²) in [6.45, 7) is 1.04. The van der Waals surface area contributed by atoms with Crippen LogP contribution < -0.4 is 5.32 Å². The number of tetrazole rings is 1. The summed E-state index contributed by atoms with van der Waals surface area (Å²) in [6, 6.07) is 9.09. The maximum absolute atomic E-state index is 13.0. The molecule has 11 heteroatoms. The maximum atomic E-state index is 13.0. The molecule has 1 aliphatic heterocycles. The van der Waals surface area contributed by atoms with E-state index in [9.17, 15) is 13.2 Å². The lowest BCUT2D eigenvalue weighted by Crippen LogP contribution is -2.35. The average Bonchev–Trinajstić information content (AvgIpc) is 3.37. The maximum Gasteiger partial charge on any atom is 0.272 e. The van der Waals surface area contributed by atoms with E-state index in [1.54, 1.807) is 17.7 Å². The lowest BCUT2D eigenvalue weighted by molar-refractivity contribution is 0.101. The van der Waals surface area contributed by atoms with Gasteiger partial charge in [-0.15, -0.1) is 5.10 Å². The van der Waals surface area contributed by atoms with Gasteiger partial charge in [0.1, 0.15) is 10.6 Å². The minimum Gasteiger partial charge on any atom is -0.345 e. The number of hydrogen-bond acceptors (Lipinski definition) is 6. The fourth-order valence-electron chi connectivity index (χ4n) is 4.04. The molecule has 1 aliphatic carbocycles. The highest BCUT2D eigenvalue weighted by Gasteiger charge is 2.29. The Bertz CT molecular complexity index is 1250. The predicted molar refractivity (Wildman–Crippen MR) is 118 cm³/mol. The Balaban J connectivity index is 1.36. The fraction of sp³-hybridized carbons (Fsp3) is 0.429. The standard InChI is InChI=1S/C21H25N7O3S/c1-26-14-18(32(30,31)27-10-3-2-4-11-27)13-19(26)21(29)22-16-7-5-6-15(12-16)20-23-24-25-28(20)17-8-9-17/h5-7,12-14,17H,2-4,8-11H2,1H3,(H,22,29). The Morgan fingerprint density at radius 2 is 1.91 bits per heavy atom. The van der Waals surface area contributed by atoms with Gasteiger partial charge in [-0.1, -0.05) is 18.6 Å². The molecule has 0 spiro atoms. The summed E-state index contributed by atoms with van der Waals surface area (Å²) in [5.41, 5.74) is 1.66. The number of aryl methyl sites for hydroxylation is 1. The second kappa shape index (κ2) is 8.14. The number of piperidine rings is 1. The monoisotopic (exact) mass is 455 g/mol. The van der Waals surface area contributed by atoms with Crippen molar-refractivity contribution in [3.63, 3.8) is 0 Å².